The number of esters is 5. The standard InChI is InChI=1S/C33H46N4O15S/c1-21(38)36-29-27(49-23(3)40)19-33(48-16-15-45-14-13-44-12-11-35-37-34,32(43)46-17-18-53-26-9-7-6-8-10-26)52-31(29)30(51-25(5)42)28(50-24(4)41)20-47-22(2)39/h6-10,27-31H,11-20H2,1-5H3,(H,36,38)/t27-,28+,29+,30+,31+,33+/m0/s1. The molecule has 53 heavy (non-hydrogen) atoms. The molecule has 19 nitrogen and oxygen atoms in total. The van der Waals surface area contributed by atoms with Crippen LogP contribution < -0.4 is 5.32 Å². The highest BCUT2D eigenvalue weighted by atomic mass is 32.2. The van der Waals surface area contributed by atoms with Crippen molar-refractivity contribution in [3.05, 3.63) is 40.8 Å². The molecule has 1 aromatic carbocycles. The van der Waals surface area contributed by atoms with Gasteiger partial charge < -0.3 is 47.9 Å². The fourth-order valence-corrected chi connectivity index (χ4v) is 5.80. The van der Waals surface area contributed by atoms with Gasteiger partial charge in [0.25, 0.3) is 5.79 Å². The largest absolute Gasteiger partial charge is 0.462 e. The third kappa shape index (κ3) is 16.8. The van der Waals surface area contributed by atoms with Gasteiger partial charge >= 0.3 is 29.8 Å². The molecule has 1 N–H and O–H groups in total. The predicted molar refractivity (Wildman–Crippen MR) is 183 cm³/mol. The van der Waals surface area contributed by atoms with Gasteiger partial charge in [0, 0.05) is 56.7 Å². The molecule has 2 rings (SSSR count). The molecule has 20 heteroatoms. The first kappa shape index (κ1) is 44.7. The SMILES string of the molecule is CC(=O)N[C@H]1[C@H]([C@H](OC(C)=O)[C@@H](COC(C)=O)OC(C)=O)O[C@@](OCCOCCOCCN=[N+]=[N-])(C(=O)OCCSc2ccccc2)C[C@@H]1OC(C)=O. The van der Waals surface area contributed by atoms with Crippen molar-refractivity contribution in [3.8, 4) is 0 Å². The fraction of sp³-hybridized carbons (Fsp3) is 0.636. The van der Waals surface area contributed by atoms with Gasteiger partial charge in [-0.3, -0.25) is 24.0 Å². The van der Waals surface area contributed by atoms with E-state index >= 15 is 0 Å². The highest BCUT2D eigenvalue weighted by molar-refractivity contribution is 7.99. The van der Waals surface area contributed by atoms with Crippen LogP contribution in [0.15, 0.2) is 40.3 Å². The van der Waals surface area contributed by atoms with Crippen molar-refractivity contribution in [1.82, 2.24) is 5.32 Å². The third-order valence-corrected chi connectivity index (χ3v) is 7.95. The predicted octanol–water partition coefficient (Wildman–Crippen LogP) is 2.03. The first-order valence-corrected chi connectivity index (χ1v) is 17.5. The number of benzene rings is 1. The number of hydrogen-bond acceptors (Lipinski definition) is 17. The van der Waals surface area contributed by atoms with E-state index in [1.807, 2.05) is 30.3 Å². The lowest BCUT2D eigenvalue weighted by atomic mass is 9.88. The van der Waals surface area contributed by atoms with E-state index < -0.39 is 85.0 Å². The van der Waals surface area contributed by atoms with Gasteiger partial charge in [-0.15, -0.1) is 11.8 Å². The van der Waals surface area contributed by atoms with Crippen molar-refractivity contribution < 1.29 is 71.4 Å². The summed E-state index contributed by atoms with van der Waals surface area (Å²) < 4.78 is 50.6. The van der Waals surface area contributed by atoms with Crippen LogP contribution >= 0.6 is 11.8 Å². The summed E-state index contributed by atoms with van der Waals surface area (Å²) in [6.07, 6.45) is -6.78. The topological polar surface area (TPSA) is 246 Å². The van der Waals surface area contributed by atoms with E-state index in [1.165, 1.54) is 18.7 Å². The monoisotopic (exact) mass is 770 g/mol. The Kier molecular flexibility index (Phi) is 20.2. The molecule has 0 radical (unpaired) electrons. The highest BCUT2D eigenvalue weighted by Gasteiger charge is 2.59. The Bertz CT molecular complexity index is 1410. The molecular weight excluding hydrogens is 724 g/mol. The maximum atomic E-state index is 14.1. The third-order valence-electron chi connectivity index (χ3n) is 6.97. The first-order valence-electron chi connectivity index (χ1n) is 16.5. The number of rotatable bonds is 23. The zero-order valence-corrected chi connectivity index (χ0v) is 31.0. The van der Waals surface area contributed by atoms with Crippen LogP contribution in [-0.2, 0) is 71.4 Å². The Morgan fingerprint density at radius 3 is 2.15 bits per heavy atom. The Labute approximate surface area is 310 Å². The van der Waals surface area contributed by atoms with Crippen LogP contribution in [0, 0.1) is 0 Å². The summed E-state index contributed by atoms with van der Waals surface area (Å²) >= 11 is 1.41. The fourth-order valence-electron chi connectivity index (χ4n) is 5.05. The Hall–Kier alpha value is -4.46. The summed E-state index contributed by atoms with van der Waals surface area (Å²) in [6, 6.07) is 8.00. The lowest BCUT2D eigenvalue weighted by Gasteiger charge is -2.48. The number of thioether (sulfide) groups is 1. The average molecular weight is 771 g/mol. The zero-order chi connectivity index (χ0) is 39.2. The van der Waals surface area contributed by atoms with Crippen molar-refractivity contribution in [2.45, 2.75) is 82.2 Å². The number of hydrogen-bond donors (Lipinski definition) is 1. The van der Waals surface area contributed by atoms with E-state index in [0.717, 1.165) is 32.6 Å². The van der Waals surface area contributed by atoms with Gasteiger partial charge in [-0.25, -0.2) is 4.79 Å². The van der Waals surface area contributed by atoms with Gasteiger partial charge in [0.2, 0.25) is 5.91 Å². The van der Waals surface area contributed by atoms with Gasteiger partial charge in [-0.05, 0) is 17.7 Å². The molecular formula is C33H46N4O15S. The number of ether oxygens (including phenoxy) is 9. The molecule has 1 aliphatic heterocycles. The zero-order valence-electron chi connectivity index (χ0n) is 30.2. The first-order chi connectivity index (χ1) is 25.3. The highest BCUT2D eigenvalue weighted by Crippen LogP contribution is 2.37. The molecule has 294 valence electrons. The molecule has 0 bridgehead atoms. The summed E-state index contributed by atoms with van der Waals surface area (Å²) in [5.41, 5.74) is 8.36. The second-order valence-corrected chi connectivity index (χ2v) is 12.4. The van der Waals surface area contributed by atoms with Gasteiger partial charge in [0.1, 0.15) is 25.4 Å². The van der Waals surface area contributed by atoms with Crippen molar-refractivity contribution in [2.75, 3.05) is 58.5 Å². The molecule has 0 spiro atoms. The lowest BCUT2D eigenvalue weighted by molar-refractivity contribution is -0.316. The van der Waals surface area contributed by atoms with Crippen molar-refractivity contribution in [1.29, 1.82) is 0 Å². The minimum Gasteiger partial charge on any atom is -0.462 e. The quantitative estimate of drug-likeness (QED) is 0.0318. The molecule has 6 atom stereocenters. The molecule has 1 fully saturated rings. The number of nitrogens with zero attached hydrogens (tertiary/aromatic N) is 3. The molecule has 1 aromatic rings. The maximum absolute atomic E-state index is 14.1. The van der Waals surface area contributed by atoms with E-state index in [9.17, 15) is 28.8 Å². The maximum Gasteiger partial charge on any atom is 0.367 e. The van der Waals surface area contributed by atoms with Crippen molar-refractivity contribution in [2.24, 2.45) is 5.11 Å². The second-order valence-electron chi connectivity index (χ2n) is 11.3. The van der Waals surface area contributed by atoms with E-state index in [0.29, 0.717) is 5.75 Å². The molecule has 0 aromatic heterocycles. The molecule has 1 amide bonds. The summed E-state index contributed by atoms with van der Waals surface area (Å²) in [7, 11) is 0. The summed E-state index contributed by atoms with van der Waals surface area (Å²) in [4.78, 5) is 79.1. The second kappa shape index (κ2) is 24.0. The van der Waals surface area contributed by atoms with Crippen molar-refractivity contribution in [3.63, 3.8) is 0 Å². The average Bonchev–Trinajstić information content (AvgIpc) is 3.09. The molecule has 0 aliphatic carbocycles. The Morgan fingerprint density at radius 1 is 0.887 bits per heavy atom. The number of carbonyl (C=O) groups excluding carboxylic acids is 6. The van der Waals surface area contributed by atoms with Gasteiger partial charge in [-0.1, -0.05) is 23.3 Å². The summed E-state index contributed by atoms with van der Waals surface area (Å²) in [5.74, 6) is -7.08. The summed E-state index contributed by atoms with van der Waals surface area (Å²) in [5, 5.41) is 5.98. The van der Waals surface area contributed by atoms with E-state index in [2.05, 4.69) is 15.3 Å². The lowest BCUT2D eigenvalue weighted by Crippen LogP contribution is -2.69. The minimum absolute atomic E-state index is 0.101. The molecule has 1 saturated heterocycles. The number of azide groups is 1. The van der Waals surface area contributed by atoms with Crippen LogP contribution in [0.2, 0.25) is 0 Å². The molecule has 0 saturated carbocycles. The van der Waals surface area contributed by atoms with Crippen molar-refractivity contribution >= 4 is 47.5 Å². The van der Waals surface area contributed by atoms with Gasteiger partial charge in [0.05, 0.1) is 45.5 Å². The van der Waals surface area contributed by atoms with Gasteiger partial charge in [0.15, 0.2) is 12.2 Å². The Morgan fingerprint density at radius 2 is 1.55 bits per heavy atom. The molecule has 1 heterocycles. The minimum atomic E-state index is -2.38. The van der Waals surface area contributed by atoms with E-state index in [-0.39, 0.29) is 46.2 Å². The van der Waals surface area contributed by atoms with Crippen LogP contribution in [-0.4, -0.2) is 131 Å². The normalized spacial score (nSPS) is 20.4. The van der Waals surface area contributed by atoms with Crippen LogP contribution in [0.25, 0.3) is 10.4 Å². The van der Waals surface area contributed by atoms with Crippen LogP contribution in [0.4, 0.5) is 0 Å². The van der Waals surface area contributed by atoms with E-state index in [4.69, 9.17) is 48.2 Å². The smallest absolute Gasteiger partial charge is 0.367 e. The summed E-state index contributed by atoms with van der Waals surface area (Å²) in [6.45, 7) is 4.90. The van der Waals surface area contributed by atoms with Gasteiger partial charge in [-0.2, -0.15) is 0 Å². The van der Waals surface area contributed by atoms with E-state index in [1.54, 1.807) is 0 Å². The Balaban J connectivity index is 2.52. The molecule has 1 aliphatic rings. The number of nitrogens with one attached hydrogen (secondary N) is 1. The van der Waals surface area contributed by atoms with Crippen LogP contribution in [0.5, 0.6) is 0 Å². The number of carbonyl (C=O) groups is 6. The van der Waals surface area contributed by atoms with Crippen LogP contribution in [0.1, 0.15) is 41.0 Å². The van der Waals surface area contributed by atoms with Crippen LogP contribution in [0.3, 0.4) is 0 Å². The number of amides is 1. The molecule has 0 unspecified atom stereocenters.